The number of hydrogen-bond donors (Lipinski definition) is 1. The first-order chi connectivity index (χ1) is 16.4. The van der Waals surface area contributed by atoms with Gasteiger partial charge in [-0.05, 0) is 58.9 Å². The molecule has 0 unspecified atom stereocenters. The van der Waals surface area contributed by atoms with Gasteiger partial charge in [0, 0.05) is 16.7 Å². The van der Waals surface area contributed by atoms with Crippen molar-refractivity contribution in [1.29, 1.82) is 0 Å². The molecule has 4 aromatic rings. The standard InChI is InChI=1S/C28H31N3O3S/c1-8-13-34-19-11-9-18(10-12-19)24-29-26-31(30-24)25(33)22(35-26)16-17-14-20(27(2,3)4)23(32)21(15-17)28(5,6)7/h8-12,14-16,32H,1,13H2,2-7H3/b22-16+. The number of nitrogens with zero attached hydrogens (tertiary/aromatic N) is 3. The molecule has 0 saturated heterocycles. The van der Waals surface area contributed by atoms with E-state index in [1.54, 1.807) is 6.08 Å². The molecule has 0 atom stereocenters. The maximum atomic E-state index is 13.1. The molecule has 1 N–H and O–H groups in total. The molecule has 6 nitrogen and oxygen atoms in total. The Labute approximate surface area is 209 Å². The molecule has 4 rings (SSSR count). The number of phenolic OH excluding ortho intramolecular Hbond substituents is 1. The Morgan fingerprint density at radius 3 is 2.17 bits per heavy atom. The molecule has 2 aromatic heterocycles. The maximum Gasteiger partial charge on any atom is 0.291 e. The molecule has 2 aromatic carbocycles. The molecule has 0 amide bonds. The minimum atomic E-state index is -0.249. The molecule has 0 aliphatic rings. The summed E-state index contributed by atoms with van der Waals surface area (Å²) in [6.45, 7) is 16.5. The van der Waals surface area contributed by atoms with Gasteiger partial charge in [-0.3, -0.25) is 4.79 Å². The Balaban J connectivity index is 1.76. The number of aromatic nitrogens is 3. The SMILES string of the molecule is C=CCOc1ccc(-c2nc3s/c(=C/c4cc(C(C)(C)C)c(O)c(C(C)(C)C)c4)c(=O)n3n2)cc1. The lowest BCUT2D eigenvalue weighted by molar-refractivity contribution is 0.363. The number of fused-ring (bicyclic) bond motifs is 1. The highest BCUT2D eigenvalue weighted by molar-refractivity contribution is 7.15. The highest BCUT2D eigenvalue weighted by Gasteiger charge is 2.26. The number of ether oxygens (including phenoxy) is 1. The minimum Gasteiger partial charge on any atom is -0.507 e. The van der Waals surface area contributed by atoms with Crippen LogP contribution < -0.4 is 14.8 Å². The summed E-state index contributed by atoms with van der Waals surface area (Å²) in [5, 5.41) is 15.4. The van der Waals surface area contributed by atoms with Crippen molar-refractivity contribution >= 4 is 22.4 Å². The lowest BCUT2D eigenvalue weighted by atomic mass is 9.78. The van der Waals surface area contributed by atoms with E-state index < -0.39 is 0 Å². The predicted octanol–water partition coefficient (Wildman–Crippen LogP) is 5.23. The van der Waals surface area contributed by atoms with Gasteiger partial charge in [0.25, 0.3) is 5.56 Å². The van der Waals surface area contributed by atoms with E-state index in [0.717, 1.165) is 28.0 Å². The maximum absolute atomic E-state index is 13.1. The van der Waals surface area contributed by atoms with Crippen LogP contribution in [0.5, 0.6) is 11.5 Å². The van der Waals surface area contributed by atoms with Crippen molar-refractivity contribution in [2.24, 2.45) is 0 Å². The van der Waals surface area contributed by atoms with Crippen LogP contribution in [0.25, 0.3) is 22.4 Å². The smallest absolute Gasteiger partial charge is 0.291 e. The normalized spacial score (nSPS) is 12.9. The van der Waals surface area contributed by atoms with Crippen molar-refractivity contribution < 1.29 is 9.84 Å². The van der Waals surface area contributed by atoms with Crippen molar-refractivity contribution in [3.05, 3.63) is 80.6 Å². The van der Waals surface area contributed by atoms with Crippen LogP contribution >= 0.6 is 11.3 Å². The van der Waals surface area contributed by atoms with Crippen LogP contribution in [0.1, 0.15) is 58.2 Å². The van der Waals surface area contributed by atoms with Crippen LogP contribution in [0.3, 0.4) is 0 Å². The third-order valence-corrected chi connectivity index (χ3v) is 6.67. The minimum absolute atomic E-state index is 0.211. The van der Waals surface area contributed by atoms with Crippen LogP contribution in [0.4, 0.5) is 0 Å². The van der Waals surface area contributed by atoms with Gasteiger partial charge in [0.1, 0.15) is 18.1 Å². The van der Waals surface area contributed by atoms with Crippen LogP contribution in [0, 0.1) is 0 Å². The summed E-state index contributed by atoms with van der Waals surface area (Å²) in [6, 6.07) is 11.3. The molecule has 0 spiro atoms. The van der Waals surface area contributed by atoms with Crippen LogP contribution in [-0.4, -0.2) is 26.3 Å². The summed E-state index contributed by atoms with van der Waals surface area (Å²) < 4.78 is 7.41. The Bertz CT molecular complexity index is 1470. The first kappa shape index (κ1) is 24.7. The van der Waals surface area contributed by atoms with E-state index in [0.29, 0.717) is 27.7 Å². The van der Waals surface area contributed by atoms with E-state index in [4.69, 9.17) is 4.74 Å². The molecule has 2 heterocycles. The third kappa shape index (κ3) is 5.00. The Kier molecular flexibility index (Phi) is 6.32. The summed E-state index contributed by atoms with van der Waals surface area (Å²) in [5.74, 6) is 1.54. The van der Waals surface area contributed by atoms with Crippen molar-refractivity contribution in [2.45, 2.75) is 52.4 Å². The van der Waals surface area contributed by atoms with E-state index >= 15 is 0 Å². The van der Waals surface area contributed by atoms with Gasteiger partial charge in [0.05, 0.1) is 4.53 Å². The van der Waals surface area contributed by atoms with Gasteiger partial charge < -0.3 is 9.84 Å². The van der Waals surface area contributed by atoms with Gasteiger partial charge in [-0.1, -0.05) is 65.5 Å². The van der Waals surface area contributed by atoms with Crippen LogP contribution in [0.15, 0.2) is 53.8 Å². The van der Waals surface area contributed by atoms with Crippen molar-refractivity contribution in [3.8, 4) is 22.9 Å². The number of phenols is 1. The van der Waals surface area contributed by atoms with Gasteiger partial charge in [-0.25, -0.2) is 0 Å². The fourth-order valence-corrected chi connectivity index (χ4v) is 4.75. The molecule has 7 heteroatoms. The molecule has 0 aliphatic heterocycles. The Morgan fingerprint density at radius 2 is 1.66 bits per heavy atom. The Morgan fingerprint density at radius 1 is 1.06 bits per heavy atom. The van der Waals surface area contributed by atoms with E-state index in [-0.39, 0.29) is 16.4 Å². The van der Waals surface area contributed by atoms with Gasteiger partial charge in [-0.2, -0.15) is 9.50 Å². The summed E-state index contributed by atoms with van der Waals surface area (Å²) >= 11 is 1.30. The topological polar surface area (TPSA) is 76.7 Å². The van der Waals surface area contributed by atoms with Crippen LogP contribution in [-0.2, 0) is 10.8 Å². The molecule has 0 bridgehead atoms. The fourth-order valence-electron chi connectivity index (χ4n) is 3.85. The monoisotopic (exact) mass is 489 g/mol. The average Bonchev–Trinajstić information content (AvgIpc) is 3.31. The van der Waals surface area contributed by atoms with Gasteiger partial charge in [0.15, 0.2) is 5.82 Å². The average molecular weight is 490 g/mol. The molecular weight excluding hydrogens is 458 g/mol. The number of aromatic hydroxyl groups is 1. The lowest BCUT2D eigenvalue weighted by Gasteiger charge is -2.27. The van der Waals surface area contributed by atoms with Crippen molar-refractivity contribution in [3.63, 3.8) is 0 Å². The molecular formula is C28H31N3O3S. The summed E-state index contributed by atoms with van der Waals surface area (Å²) in [6.07, 6.45) is 3.55. The number of benzene rings is 2. The summed E-state index contributed by atoms with van der Waals surface area (Å²) in [7, 11) is 0. The number of thiazole rings is 1. The fraction of sp³-hybridized carbons (Fsp3) is 0.321. The zero-order valence-corrected chi connectivity index (χ0v) is 21.9. The highest BCUT2D eigenvalue weighted by atomic mass is 32.1. The Hall–Kier alpha value is -3.45. The van der Waals surface area contributed by atoms with Gasteiger partial charge in [0.2, 0.25) is 4.96 Å². The van der Waals surface area contributed by atoms with E-state index in [2.05, 4.69) is 58.2 Å². The van der Waals surface area contributed by atoms with Gasteiger partial charge in [-0.15, -0.1) is 5.10 Å². The van der Waals surface area contributed by atoms with Crippen LogP contribution in [0.2, 0.25) is 0 Å². The van der Waals surface area contributed by atoms with E-state index in [9.17, 15) is 9.90 Å². The molecule has 0 aliphatic carbocycles. The molecule has 0 radical (unpaired) electrons. The van der Waals surface area contributed by atoms with Crippen molar-refractivity contribution in [2.75, 3.05) is 6.61 Å². The predicted molar refractivity (Wildman–Crippen MR) is 143 cm³/mol. The second kappa shape index (κ2) is 8.96. The van der Waals surface area contributed by atoms with Crippen molar-refractivity contribution in [1.82, 2.24) is 14.6 Å². The third-order valence-electron chi connectivity index (χ3n) is 5.71. The molecule has 35 heavy (non-hydrogen) atoms. The van der Waals surface area contributed by atoms with E-state index in [1.807, 2.05) is 42.5 Å². The zero-order valence-electron chi connectivity index (χ0n) is 21.0. The van der Waals surface area contributed by atoms with E-state index in [1.165, 1.54) is 15.9 Å². The molecule has 0 fully saturated rings. The first-order valence-electron chi connectivity index (χ1n) is 11.5. The first-order valence-corrected chi connectivity index (χ1v) is 12.3. The lowest BCUT2D eigenvalue weighted by Crippen LogP contribution is -2.24. The quantitative estimate of drug-likeness (QED) is 0.389. The second-order valence-electron chi connectivity index (χ2n) is 10.6. The summed E-state index contributed by atoms with van der Waals surface area (Å²) in [5.41, 5.74) is 2.67. The zero-order chi connectivity index (χ0) is 25.5. The highest BCUT2D eigenvalue weighted by Crippen LogP contribution is 2.39. The van der Waals surface area contributed by atoms with Gasteiger partial charge >= 0.3 is 0 Å². The number of rotatable bonds is 5. The molecule has 0 saturated carbocycles. The second-order valence-corrected chi connectivity index (χ2v) is 11.6. The number of hydrogen-bond acceptors (Lipinski definition) is 6. The summed E-state index contributed by atoms with van der Waals surface area (Å²) in [4.78, 5) is 18.3. The largest absolute Gasteiger partial charge is 0.507 e. The molecule has 182 valence electrons.